The van der Waals surface area contributed by atoms with Crippen molar-refractivity contribution in [3.05, 3.63) is 40.6 Å². The lowest BCUT2D eigenvalue weighted by atomic mass is 9.82. The van der Waals surface area contributed by atoms with Crippen molar-refractivity contribution in [3.63, 3.8) is 0 Å². The number of nitrogens with zero attached hydrogens (tertiary/aromatic N) is 2. The molecule has 1 saturated carbocycles. The SMILES string of the molecule is Cc1ccc2nc(C)c(C)c(C(=O)N3C[C@H]4CCC[C@@]4(CO)C3)c2c1. The quantitative estimate of drug-likeness (QED) is 0.913. The highest BCUT2D eigenvalue weighted by molar-refractivity contribution is 6.07. The van der Waals surface area contributed by atoms with E-state index >= 15 is 0 Å². The Balaban J connectivity index is 1.78. The van der Waals surface area contributed by atoms with Gasteiger partial charge >= 0.3 is 0 Å². The van der Waals surface area contributed by atoms with Crippen LogP contribution in [0, 0.1) is 32.1 Å². The first kappa shape index (κ1) is 16.5. The van der Waals surface area contributed by atoms with Gasteiger partial charge in [-0.15, -0.1) is 0 Å². The topological polar surface area (TPSA) is 53.4 Å². The zero-order valence-electron chi connectivity index (χ0n) is 15.3. The number of aliphatic hydroxyl groups excluding tert-OH is 1. The molecule has 1 aliphatic carbocycles. The van der Waals surface area contributed by atoms with Crippen LogP contribution in [0.3, 0.4) is 0 Å². The van der Waals surface area contributed by atoms with Crippen LogP contribution in [-0.4, -0.2) is 40.6 Å². The Labute approximate surface area is 148 Å². The van der Waals surface area contributed by atoms with Crippen LogP contribution in [0.1, 0.15) is 46.4 Å². The molecular weight excluding hydrogens is 312 g/mol. The molecule has 1 aliphatic heterocycles. The Morgan fingerprint density at radius 1 is 1.36 bits per heavy atom. The molecule has 4 nitrogen and oxygen atoms in total. The number of rotatable bonds is 2. The van der Waals surface area contributed by atoms with Crippen molar-refractivity contribution >= 4 is 16.8 Å². The van der Waals surface area contributed by atoms with Crippen LogP contribution in [-0.2, 0) is 0 Å². The van der Waals surface area contributed by atoms with Gasteiger partial charge in [-0.2, -0.15) is 0 Å². The predicted octanol–water partition coefficient (Wildman–Crippen LogP) is 3.39. The van der Waals surface area contributed by atoms with Crippen LogP contribution in [0.4, 0.5) is 0 Å². The minimum absolute atomic E-state index is 0.0721. The number of benzene rings is 1. The van der Waals surface area contributed by atoms with E-state index in [-0.39, 0.29) is 17.9 Å². The Morgan fingerprint density at radius 2 is 2.16 bits per heavy atom. The Hall–Kier alpha value is -1.94. The minimum Gasteiger partial charge on any atom is -0.396 e. The second kappa shape index (κ2) is 5.80. The summed E-state index contributed by atoms with van der Waals surface area (Å²) in [6.07, 6.45) is 3.33. The molecule has 0 unspecified atom stereocenters. The Morgan fingerprint density at radius 3 is 2.88 bits per heavy atom. The number of amides is 1. The van der Waals surface area contributed by atoms with Gasteiger partial charge in [0, 0.05) is 29.6 Å². The van der Waals surface area contributed by atoms with Gasteiger partial charge in [0.2, 0.25) is 0 Å². The molecule has 1 N–H and O–H groups in total. The molecule has 2 aromatic rings. The molecule has 0 bridgehead atoms. The van der Waals surface area contributed by atoms with E-state index in [0.29, 0.717) is 12.5 Å². The fraction of sp³-hybridized carbons (Fsp3) is 0.524. The summed E-state index contributed by atoms with van der Waals surface area (Å²) in [5.41, 5.74) is 4.62. The molecule has 0 spiro atoms. The van der Waals surface area contributed by atoms with E-state index in [9.17, 15) is 9.90 Å². The number of pyridine rings is 1. The summed E-state index contributed by atoms with van der Waals surface area (Å²) in [4.78, 5) is 20.1. The van der Waals surface area contributed by atoms with E-state index in [1.165, 1.54) is 6.42 Å². The molecular formula is C21H26N2O2. The number of hydrogen-bond donors (Lipinski definition) is 1. The van der Waals surface area contributed by atoms with Gasteiger partial charge in [-0.1, -0.05) is 18.1 Å². The fourth-order valence-corrected chi connectivity index (χ4v) is 4.86. The third kappa shape index (κ3) is 2.46. The summed E-state index contributed by atoms with van der Waals surface area (Å²) in [6.45, 7) is 7.66. The average Bonchev–Trinajstić information content (AvgIpc) is 3.13. The van der Waals surface area contributed by atoms with E-state index in [1.54, 1.807) is 0 Å². The minimum atomic E-state index is -0.0721. The molecule has 0 radical (unpaired) electrons. The normalized spacial score (nSPS) is 25.6. The lowest BCUT2D eigenvalue weighted by molar-refractivity contribution is 0.0735. The molecule has 2 heterocycles. The van der Waals surface area contributed by atoms with Crippen molar-refractivity contribution in [1.29, 1.82) is 0 Å². The van der Waals surface area contributed by atoms with Crippen molar-refractivity contribution in [3.8, 4) is 0 Å². The number of hydrogen-bond acceptors (Lipinski definition) is 3. The molecule has 1 amide bonds. The van der Waals surface area contributed by atoms with Crippen LogP contribution in [0.5, 0.6) is 0 Å². The largest absolute Gasteiger partial charge is 0.396 e. The van der Waals surface area contributed by atoms with Crippen molar-refractivity contribution in [2.75, 3.05) is 19.7 Å². The molecule has 132 valence electrons. The lowest BCUT2D eigenvalue weighted by Crippen LogP contribution is -2.34. The van der Waals surface area contributed by atoms with Crippen LogP contribution < -0.4 is 0 Å². The molecule has 2 fully saturated rings. The van der Waals surface area contributed by atoms with Crippen LogP contribution in [0.15, 0.2) is 18.2 Å². The standard InChI is InChI=1S/C21H26N2O2/c1-13-6-7-18-17(9-13)19(14(2)15(3)22-18)20(25)23-10-16-5-4-8-21(16,11-23)12-24/h6-7,9,16,24H,4-5,8,10-12H2,1-3H3/t16-,21+/m1/s1. The van der Waals surface area contributed by atoms with Gasteiger partial charge in [0.15, 0.2) is 0 Å². The highest BCUT2D eigenvalue weighted by Crippen LogP contribution is 2.48. The van der Waals surface area contributed by atoms with Gasteiger partial charge in [-0.05, 0) is 57.2 Å². The Kier molecular flexibility index (Phi) is 3.84. The summed E-state index contributed by atoms with van der Waals surface area (Å²) in [6, 6.07) is 6.11. The zero-order chi connectivity index (χ0) is 17.8. The van der Waals surface area contributed by atoms with E-state index in [0.717, 1.165) is 52.7 Å². The number of carbonyl (C=O) groups is 1. The van der Waals surface area contributed by atoms with Gasteiger partial charge < -0.3 is 10.0 Å². The monoisotopic (exact) mass is 338 g/mol. The first-order valence-corrected chi connectivity index (χ1v) is 9.23. The maximum Gasteiger partial charge on any atom is 0.254 e. The number of carbonyl (C=O) groups excluding carboxylic acids is 1. The number of aliphatic hydroxyl groups is 1. The fourth-order valence-electron chi connectivity index (χ4n) is 4.86. The summed E-state index contributed by atoms with van der Waals surface area (Å²) in [7, 11) is 0. The molecule has 4 rings (SSSR count). The first-order chi connectivity index (χ1) is 11.9. The summed E-state index contributed by atoms with van der Waals surface area (Å²) >= 11 is 0. The molecule has 1 aromatic heterocycles. The summed E-state index contributed by atoms with van der Waals surface area (Å²) in [5, 5.41) is 10.9. The van der Waals surface area contributed by atoms with Crippen LogP contribution >= 0.6 is 0 Å². The number of likely N-dealkylation sites (tertiary alicyclic amines) is 1. The second-order valence-corrected chi connectivity index (χ2v) is 8.01. The molecule has 2 atom stereocenters. The van der Waals surface area contributed by atoms with Crippen LogP contribution in [0.2, 0.25) is 0 Å². The van der Waals surface area contributed by atoms with Gasteiger partial charge in [-0.25, -0.2) is 0 Å². The number of aryl methyl sites for hydroxylation is 2. The van der Waals surface area contributed by atoms with Crippen LogP contribution in [0.25, 0.3) is 10.9 Å². The zero-order valence-corrected chi connectivity index (χ0v) is 15.3. The highest BCUT2D eigenvalue weighted by Gasteiger charge is 2.50. The maximum absolute atomic E-state index is 13.5. The summed E-state index contributed by atoms with van der Waals surface area (Å²) in [5.74, 6) is 0.540. The highest BCUT2D eigenvalue weighted by atomic mass is 16.3. The smallest absolute Gasteiger partial charge is 0.254 e. The van der Waals surface area contributed by atoms with E-state index in [1.807, 2.05) is 37.8 Å². The lowest BCUT2D eigenvalue weighted by Gasteiger charge is -2.26. The molecule has 1 saturated heterocycles. The molecule has 1 aromatic carbocycles. The Bertz CT molecular complexity index is 861. The van der Waals surface area contributed by atoms with Gasteiger partial charge in [0.05, 0.1) is 17.7 Å². The summed E-state index contributed by atoms with van der Waals surface area (Å²) < 4.78 is 0. The van der Waals surface area contributed by atoms with Crippen molar-refractivity contribution < 1.29 is 9.90 Å². The molecule has 4 heteroatoms. The molecule has 25 heavy (non-hydrogen) atoms. The van der Waals surface area contributed by atoms with Crippen molar-refractivity contribution in [1.82, 2.24) is 9.88 Å². The molecule has 2 aliphatic rings. The number of fused-ring (bicyclic) bond motifs is 2. The first-order valence-electron chi connectivity index (χ1n) is 9.23. The van der Waals surface area contributed by atoms with Gasteiger partial charge in [0.1, 0.15) is 0 Å². The average molecular weight is 338 g/mol. The third-order valence-electron chi connectivity index (χ3n) is 6.48. The van der Waals surface area contributed by atoms with Crippen molar-refractivity contribution in [2.24, 2.45) is 11.3 Å². The van der Waals surface area contributed by atoms with E-state index in [2.05, 4.69) is 11.1 Å². The maximum atomic E-state index is 13.5. The van der Waals surface area contributed by atoms with Gasteiger partial charge in [0.25, 0.3) is 5.91 Å². The second-order valence-electron chi connectivity index (χ2n) is 8.01. The van der Waals surface area contributed by atoms with Gasteiger partial charge in [-0.3, -0.25) is 9.78 Å². The number of aromatic nitrogens is 1. The van der Waals surface area contributed by atoms with E-state index in [4.69, 9.17) is 0 Å². The third-order valence-corrected chi connectivity index (χ3v) is 6.48. The van der Waals surface area contributed by atoms with E-state index < -0.39 is 0 Å². The predicted molar refractivity (Wildman–Crippen MR) is 98.7 cm³/mol. The van der Waals surface area contributed by atoms with Crippen molar-refractivity contribution in [2.45, 2.75) is 40.0 Å².